The second kappa shape index (κ2) is 6.34. The molecule has 3 unspecified atom stereocenters. The summed E-state index contributed by atoms with van der Waals surface area (Å²) in [7, 11) is 2.38. The highest BCUT2D eigenvalue weighted by Gasteiger charge is 2.47. The summed E-state index contributed by atoms with van der Waals surface area (Å²) in [5, 5.41) is 9.25. The fraction of sp³-hybridized carbons (Fsp3) is 0.600. The summed E-state index contributed by atoms with van der Waals surface area (Å²) in [5.41, 5.74) is 3.39. The lowest BCUT2D eigenvalue weighted by Gasteiger charge is -2.42. The van der Waals surface area contributed by atoms with Crippen molar-refractivity contribution in [1.82, 2.24) is 4.90 Å². The monoisotopic (exact) mass is 345 g/mol. The van der Waals surface area contributed by atoms with Crippen LogP contribution >= 0.6 is 22.7 Å². The molecule has 0 amide bonds. The summed E-state index contributed by atoms with van der Waals surface area (Å²) in [6.45, 7) is 3.67. The number of thiophene rings is 2. The third-order valence-electron chi connectivity index (χ3n) is 6.10. The van der Waals surface area contributed by atoms with Gasteiger partial charge in [0, 0.05) is 12.1 Å². The summed E-state index contributed by atoms with van der Waals surface area (Å²) in [6, 6.07) is 4.71. The highest BCUT2D eigenvalue weighted by Crippen LogP contribution is 2.55. The van der Waals surface area contributed by atoms with Crippen molar-refractivity contribution in [2.75, 3.05) is 13.6 Å². The van der Waals surface area contributed by atoms with E-state index >= 15 is 0 Å². The van der Waals surface area contributed by atoms with Crippen LogP contribution in [-0.4, -0.2) is 18.5 Å². The van der Waals surface area contributed by atoms with Crippen molar-refractivity contribution in [3.05, 3.63) is 44.8 Å². The van der Waals surface area contributed by atoms with E-state index in [-0.39, 0.29) is 5.54 Å². The SMILES string of the molecule is CCC(CC1CC1c1ccsc1)(c1ccsc1)N(C)CC1CC1. The third-order valence-corrected chi connectivity index (χ3v) is 7.48. The second-order valence-corrected chi connectivity index (χ2v) is 9.14. The highest BCUT2D eigenvalue weighted by molar-refractivity contribution is 7.08. The molecule has 0 N–H and O–H groups in total. The van der Waals surface area contributed by atoms with Gasteiger partial charge in [-0.15, -0.1) is 0 Å². The molecule has 0 bridgehead atoms. The molecule has 0 aliphatic heterocycles. The van der Waals surface area contributed by atoms with E-state index in [4.69, 9.17) is 0 Å². The Balaban J connectivity index is 1.55. The molecule has 0 aromatic carbocycles. The normalized spacial score (nSPS) is 26.4. The average Bonchev–Trinajstić information content (AvgIpc) is 3.38. The van der Waals surface area contributed by atoms with Gasteiger partial charge in [0.15, 0.2) is 0 Å². The van der Waals surface area contributed by atoms with Crippen molar-refractivity contribution in [3.8, 4) is 0 Å². The third kappa shape index (κ3) is 3.16. The topological polar surface area (TPSA) is 3.24 Å². The predicted molar refractivity (Wildman–Crippen MR) is 101 cm³/mol. The van der Waals surface area contributed by atoms with Crippen LogP contribution in [0.3, 0.4) is 0 Å². The van der Waals surface area contributed by atoms with Gasteiger partial charge in [0.05, 0.1) is 0 Å². The highest BCUT2D eigenvalue weighted by atomic mass is 32.1. The molecule has 3 atom stereocenters. The van der Waals surface area contributed by atoms with Crippen molar-refractivity contribution < 1.29 is 0 Å². The van der Waals surface area contributed by atoms with Gasteiger partial charge in [-0.25, -0.2) is 0 Å². The lowest BCUT2D eigenvalue weighted by Crippen LogP contribution is -2.44. The number of nitrogens with zero attached hydrogens (tertiary/aromatic N) is 1. The summed E-state index contributed by atoms with van der Waals surface area (Å²) < 4.78 is 0. The molecular formula is C20H27NS2. The number of hydrogen-bond acceptors (Lipinski definition) is 3. The van der Waals surface area contributed by atoms with Crippen molar-refractivity contribution in [2.24, 2.45) is 11.8 Å². The molecule has 2 saturated carbocycles. The van der Waals surface area contributed by atoms with Gasteiger partial charge < -0.3 is 0 Å². The Morgan fingerprint density at radius 3 is 2.57 bits per heavy atom. The Morgan fingerprint density at radius 1 is 1.17 bits per heavy atom. The molecule has 2 aliphatic carbocycles. The fourth-order valence-electron chi connectivity index (χ4n) is 4.31. The summed E-state index contributed by atoms with van der Waals surface area (Å²) in [6.07, 6.45) is 6.81. The minimum Gasteiger partial charge on any atom is -0.296 e. The zero-order valence-corrected chi connectivity index (χ0v) is 15.8. The first-order valence-corrected chi connectivity index (χ1v) is 10.9. The first-order valence-electron chi connectivity index (χ1n) is 8.99. The van der Waals surface area contributed by atoms with Crippen molar-refractivity contribution in [3.63, 3.8) is 0 Å². The predicted octanol–water partition coefficient (Wildman–Crippen LogP) is 5.95. The van der Waals surface area contributed by atoms with Crippen LogP contribution in [0.25, 0.3) is 0 Å². The maximum Gasteiger partial charge on any atom is 0.0466 e. The zero-order valence-electron chi connectivity index (χ0n) is 14.2. The van der Waals surface area contributed by atoms with Gasteiger partial charge in [-0.2, -0.15) is 22.7 Å². The molecule has 2 aromatic rings. The van der Waals surface area contributed by atoms with E-state index in [2.05, 4.69) is 52.5 Å². The molecule has 0 saturated heterocycles. The van der Waals surface area contributed by atoms with Gasteiger partial charge in [0.2, 0.25) is 0 Å². The van der Waals surface area contributed by atoms with E-state index in [1.165, 1.54) is 38.6 Å². The van der Waals surface area contributed by atoms with E-state index in [0.717, 1.165) is 17.8 Å². The standard InChI is InChI=1S/C20H27NS2/c1-3-20(18-7-9-23-14-18,21(2)12-15-4-5-15)11-17-10-19(17)16-6-8-22-13-16/h6-9,13-15,17,19H,3-5,10-12H2,1-2H3. The summed E-state index contributed by atoms with van der Waals surface area (Å²) >= 11 is 3.70. The Kier molecular flexibility index (Phi) is 4.38. The quantitative estimate of drug-likeness (QED) is 0.571. The number of hydrogen-bond donors (Lipinski definition) is 0. The van der Waals surface area contributed by atoms with Crippen LogP contribution in [0.5, 0.6) is 0 Å². The molecule has 0 radical (unpaired) electrons. The first-order chi connectivity index (χ1) is 11.2. The fourth-order valence-corrected chi connectivity index (χ4v) is 5.78. The molecule has 2 fully saturated rings. The lowest BCUT2D eigenvalue weighted by atomic mass is 9.81. The van der Waals surface area contributed by atoms with Crippen LogP contribution in [0.2, 0.25) is 0 Å². The first kappa shape index (κ1) is 15.9. The van der Waals surface area contributed by atoms with E-state index < -0.39 is 0 Å². The molecule has 0 spiro atoms. The van der Waals surface area contributed by atoms with Gasteiger partial charge in [-0.3, -0.25) is 4.90 Å². The van der Waals surface area contributed by atoms with Crippen LogP contribution in [0.4, 0.5) is 0 Å². The van der Waals surface area contributed by atoms with Crippen LogP contribution in [0, 0.1) is 11.8 Å². The molecule has 2 heterocycles. The Bertz CT molecular complexity index is 614. The lowest BCUT2D eigenvalue weighted by molar-refractivity contribution is 0.0887. The molecule has 1 nitrogen and oxygen atoms in total. The van der Waals surface area contributed by atoms with Gasteiger partial charge >= 0.3 is 0 Å². The maximum absolute atomic E-state index is 2.70. The molecule has 23 heavy (non-hydrogen) atoms. The van der Waals surface area contributed by atoms with Crippen LogP contribution in [0.15, 0.2) is 33.7 Å². The van der Waals surface area contributed by atoms with Crippen LogP contribution < -0.4 is 0 Å². The van der Waals surface area contributed by atoms with Crippen molar-refractivity contribution in [1.29, 1.82) is 0 Å². The minimum absolute atomic E-state index is 0.248. The summed E-state index contributed by atoms with van der Waals surface area (Å²) in [4.78, 5) is 2.70. The van der Waals surface area contributed by atoms with E-state index in [0.29, 0.717) is 0 Å². The average molecular weight is 346 g/mol. The van der Waals surface area contributed by atoms with Gasteiger partial charge in [0.25, 0.3) is 0 Å². The van der Waals surface area contributed by atoms with Gasteiger partial charge in [-0.1, -0.05) is 6.92 Å². The van der Waals surface area contributed by atoms with Crippen molar-refractivity contribution >= 4 is 22.7 Å². The van der Waals surface area contributed by atoms with Crippen molar-refractivity contribution in [2.45, 2.75) is 50.5 Å². The maximum atomic E-state index is 2.70. The molecule has 4 rings (SSSR count). The zero-order chi connectivity index (χ0) is 15.9. The van der Waals surface area contributed by atoms with E-state index in [1.807, 2.05) is 22.7 Å². The largest absolute Gasteiger partial charge is 0.296 e. The molecule has 2 aliphatic rings. The van der Waals surface area contributed by atoms with Gasteiger partial charge in [0.1, 0.15) is 0 Å². The van der Waals surface area contributed by atoms with Crippen LogP contribution in [0.1, 0.15) is 56.1 Å². The minimum atomic E-state index is 0.248. The van der Waals surface area contributed by atoms with Gasteiger partial charge in [-0.05, 0) is 102 Å². The molecule has 2 aromatic heterocycles. The Labute approximate surface area is 148 Å². The smallest absolute Gasteiger partial charge is 0.0466 e. The Morgan fingerprint density at radius 2 is 1.96 bits per heavy atom. The molecule has 3 heteroatoms. The van der Waals surface area contributed by atoms with E-state index in [1.54, 1.807) is 11.1 Å². The number of rotatable bonds is 8. The van der Waals surface area contributed by atoms with Crippen LogP contribution in [-0.2, 0) is 5.54 Å². The summed E-state index contributed by atoms with van der Waals surface area (Å²) in [5.74, 6) is 2.64. The molecular weight excluding hydrogens is 318 g/mol. The second-order valence-electron chi connectivity index (χ2n) is 7.58. The Hall–Kier alpha value is -0.640. The molecule has 124 valence electrons. The van der Waals surface area contributed by atoms with E-state index in [9.17, 15) is 0 Å².